The summed E-state index contributed by atoms with van der Waals surface area (Å²) in [6, 6.07) is 17.6. The second-order valence-electron chi connectivity index (χ2n) is 6.51. The van der Waals surface area contributed by atoms with Crippen LogP contribution in [0.5, 0.6) is 0 Å². The molecule has 21 heavy (non-hydrogen) atoms. The van der Waals surface area contributed by atoms with Crippen LogP contribution in [0.2, 0.25) is 0 Å². The molecule has 0 aromatic heterocycles. The van der Waals surface area contributed by atoms with E-state index in [2.05, 4.69) is 72.8 Å². The summed E-state index contributed by atoms with van der Waals surface area (Å²) in [6.07, 6.45) is 9.20. The minimum Gasteiger partial charge on any atom is -0.356 e. The van der Waals surface area contributed by atoms with E-state index < -0.39 is 0 Å². The zero-order valence-electron chi connectivity index (χ0n) is 11.5. The fraction of sp³-hybridized carbons (Fsp3) is 0.200. The van der Waals surface area contributed by atoms with Crippen molar-refractivity contribution in [2.75, 3.05) is 0 Å². The molecular weight excluding hydrogens is 256 g/mol. The second-order valence-corrected chi connectivity index (χ2v) is 6.51. The zero-order chi connectivity index (χ0) is 13.7. The van der Waals surface area contributed by atoms with Gasteiger partial charge in [0.15, 0.2) is 0 Å². The smallest absolute Gasteiger partial charge is 0.127 e. The molecular formula is C20H14O. The van der Waals surface area contributed by atoms with Gasteiger partial charge in [-0.3, -0.25) is 0 Å². The highest BCUT2D eigenvalue weighted by Gasteiger charge is 2.75. The van der Waals surface area contributed by atoms with Gasteiger partial charge in [0.25, 0.3) is 0 Å². The summed E-state index contributed by atoms with van der Waals surface area (Å²) >= 11 is 0. The molecule has 1 saturated heterocycles. The first-order valence-electron chi connectivity index (χ1n) is 7.62. The van der Waals surface area contributed by atoms with Crippen LogP contribution in [0.25, 0.3) is 0 Å². The van der Waals surface area contributed by atoms with Gasteiger partial charge in [-0.15, -0.1) is 0 Å². The lowest BCUT2D eigenvalue weighted by atomic mass is 9.45. The largest absolute Gasteiger partial charge is 0.356 e. The Balaban J connectivity index is 1.76. The lowest BCUT2D eigenvalue weighted by molar-refractivity contribution is -0.00315. The number of allylic oxidation sites excluding steroid dienone is 2. The number of rotatable bonds is 0. The Morgan fingerprint density at radius 1 is 0.762 bits per heavy atom. The van der Waals surface area contributed by atoms with E-state index in [0.717, 1.165) is 0 Å². The van der Waals surface area contributed by atoms with Gasteiger partial charge in [-0.2, -0.15) is 0 Å². The van der Waals surface area contributed by atoms with E-state index >= 15 is 0 Å². The molecule has 1 nitrogen and oxygen atoms in total. The molecule has 4 aliphatic rings. The van der Waals surface area contributed by atoms with Crippen molar-refractivity contribution in [1.82, 2.24) is 0 Å². The van der Waals surface area contributed by atoms with Gasteiger partial charge in [-0.1, -0.05) is 66.8 Å². The summed E-state index contributed by atoms with van der Waals surface area (Å²) in [6.45, 7) is 0. The summed E-state index contributed by atoms with van der Waals surface area (Å²) in [5.74, 6) is 0.463. The van der Waals surface area contributed by atoms with Gasteiger partial charge in [0.05, 0.1) is 11.5 Å². The second kappa shape index (κ2) is 3.05. The first-order valence-corrected chi connectivity index (χ1v) is 7.62. The van der Waals surface area contributed by atoms with Gasteiger partial charge in [0, 0.05) is 5.92 Å². The van der Waals surface area contributed by atoms with Crippen LogP contribution in [0.4, 0.5) is 0 Å². The van der Waals surface area contributed by atoms with Crippen LogP contribution in [-0.4, -0.2) is 0 Å². The summed E-state index contributed by atoms with van der Waals surface area (Å²) in [5.41, 5.74) is 5.39. The van der Waals surface area contributed by atoms with Crippen molar-refractivity contribution in [2.24, 2.45) is 0 Å². The van der Waals surface area contributed by atoms with Crippen LogP contribution in [-0.2, 0) is 15.8 Å². The van der Waals surface area contributed by atoms with E-state index in [0.29, 0.717) is 5.92 Å². The van der Waals surface area contributed by atoms with Gasteiger partial charge in [0.2, 0.25) is 0 Å². The minimum absolute atomic E-state index is 0.0113. The third-order valence-corrected chi connectivity index (χ3v) is 5.93. The number of benzene rings is 2. The number of fused-ring (bicyclic) bond motifs is 6. The van der Waals surface area contributed by atoms with Crippen LogP contribution in [0.15, 0.2) is 72.8 Å². The van der Waals surface area contributed by atoms with Gasteiger partial charge < -0.3 is 4.74 Å². The van der Waals surface area contributed by atoms with E-state index in [9.17, 15) is 0 Å². The lowest BCUT2D eigenvalue weighted by Gasteiger charge is -2.55. The molecule has 0 amide bonds. The molecule has 0 saturated carbocycles. The van der Waals surface area contributed by atoms with E-state index in [4.69, 9.17) is 4.74 Å². The molecule has 1 heteroatoms. The molecule has 2 heterocycles. The summed E-state index contributed by atoms with van der Waals surface area (Å²) in [5, 5.41) is 0. The standard InChI is InChI=1S/C20H14O/c1-3-9-15-13(7-1)17-18-14-8-2-4-10-16(14)20(21-18)12-6-5-11-19(15,17)20/h1-12,17-18H/t17-,18?,19-,20?/m1/s1. The Kier molecular flexibility index (Phi) is 1.54. The van der Waals surface area contributed by atoms with Crippen LogP contribution in [0.1, 0.15) is 34.3 Å². The molecule has 2 spiro atoms. The van der Waals surface area contributed by atoms with Crippen LogP contribution >= 0.6 is 0 Å². The monoisotopic (exact) mass is 270 g/mol. The molecule has 2 aliphatic carbocycles. The van der Waals surface area contributed by atoms with Crippen molar-refractivity contribution in [3.63, 3.8) is 0 Å². The zero-order valence-corrected chi connectivity index (χ0v) is 11.5. The summed E-state index contributed by atoms with van der Waals surface area (Å²) < 4.78 is 6.66. The van der Waals surface area contributed by atoms with Crippen molar-refractivity contribution in [1.29, 1.82) is 0 Å². The molecule has 100 valence electrons. The molecule has 6 rings (SSSR count). The fourth-order valence-corrected chi connectivity index (χ4v) is 5.27. The number of hydrogen-bond acceptors (Lipinski definition) is 1. The summed E-state index contributed by atoms with van der Waals surface area (Å²) in [7, 11) is 0. The van der Waals surface area contributed by atoms with Crippen molar-refractivity contribution in [2.45, 2.75) is 23.0 Å². The molecule has 0 radical (unpaired) electrons. The van der Waals surface area contributed by atoms with Gasteiger partial charge in [-0.25, -0.2) is 0 Å². The maximum atomic E-state index is 6.66. The van der Waals surface area contributed by atoms with E-state index in [1.807, 2.05) is 0 Å². The predicted octanol–water partition coefficient (Wildman–Crippen LogP) is 4.13. The predicted molar refractivity (Wildman–Crippen MR) is 81.1 cm³/mol. The topological polar surface area (TPSA) is 9.23 Å². The highest BCUT2D eigenvalue weighted by molar-refractivity contribution is 5.69. The highest BCUT2D eigenvalue weighted by Crippen LogP contribution is 2.77. The molecule has 4 atom stereocenters. The van der Waals surface area contributed by atoms with Gasteiger partial charge in [-0.05, 0) is 28.3 Å². The quantitative estimate of drug-likeness (QED) is 0.699. The Hall–Kier alpha value is -2.12. The number of hydrogen-bond donors (Lipinski definition) is 0. The average molecular weight is 270 g/mol. The van der Waals surface area contributed by atoms with E-state index in [1.54, 1.807) is 0 Å². The lowest BCUT2D eigenvalue weighted by Crippen LogP contribution is -2.54. The molecule has 2 aliphatic heterocycles. The summed E-state index contributed by atoms with van der Waals surface area (Å²) in [4.78, 5) is 0. The Morgan fingerprint density at radius 2 is 1.48 bits per heavy atom. The van der Waals surface area contributed by atoms with Crippen LogP contribution < -0.4 is 0 Å². The Morgan fingerprint density at radius 3 is 2.38 bits per heavy atom. The molecule has 2 bridgehead atoms. The van der Waals surface area contributed by atoms with Crippen LogP contribution in [0.3, 0.4) is 0 Å². The van der Waals surface area contributed by atoms with E-state index in [1.165, 1.54) is 22.3 Å². The fourth-order valence-electron chi connectivity index (χ4n) is 5.27. The van der Waals surface area contributed by atoms with Gasteiger partial charge in [0.1, 0.15) is 5.60 Å². The van der Waals surface area contributed by atoms with E-state index in [-0.39, 0.29) is 17.1 Å². The van der Waals surface area contributed by atoms with Crippen molar-refractivity contribution in [3.05, 3.63) is 95.1 Å². The molecule has 2 unspecified atom stereocenters. The van der Waals surface area contributed by atoms with Crippen molar-refractivity contribution >= 4 is 0 Å². The third-order valence-electron chi connectivity index (χ3n) is 5.93. The highest BCUT2D eigenvalue weighted by atomic mass is 16.5. The maximum absolute atomic E-state index is 6.66. The SMILES string of the molecule is C1=CC23OC(c4ccccc42)[C@H]2c4ccccc4[C@]23C=C1. The molecule has 2 aromatic carbocycles. The molecule has 0 N–H and O–H groups in total. The normalized spacial score (nSPS) is 39.2. The third kappa shape index (κ3) is 0.849. The maximum Gasteiger partial charge on any atom is 0.127 e. The minimum atomic E-state index is -0.290. The first kappa shape index (κ1) is 10.6. The van der Waals surface area contributed by atoms with Crippen molar-refractivity contribution < 1.29 is 4.74 Å². The first-order chi connectivity index (χ1) is 10.4. The number of ether oxygens (including phenoxy) is 1. The molecule has 1 fully saturated rings. The molecule has 2 aromatic rings. The Labute approximate surface area is 123 Å². The Bertz CT molecular complexity index is 850. The van der Waals surface area contributed by atoms with Crippen LogP contribution in [0, 0.1) is 0 Å². The van der Waals surface area contributed by atoms with Crippen molar-refractivity contribution in [3.8, 4) is 0 Å². The van der Waals surface area contributed by atoms with Gasteiger partial charge >= 0.3 is 0 Å². The average Bonchev–Trinajstić information content (AvgIpc) is 2.98.